The van der Waals surface area contributed by atoms with Crippen molar-refractivity contribution in [1.29, 1.82) is 0 Å². The maximum Gasteiger partial charge on any atom is 0.131 e. The predicted molar refractivity (Wildman–Crippen MR) is 49.6 cm³/mol. The third-order valence-electron chi connectivity index (χ3n) is 1.36. The van der Waals surface area contributed by atoms with Gasteiger partial charge in [0.15, 0.2) is 0 Å². The molecule has 0 saturated heterocycles. The fraction of sp³-hybridized carbons (Fsp3) is 0.125. The quantitative estimate of drug-likeness (QED) is 0.608. The van der Waals surface area contributed by atoms with Crippen molar-refractivity contribution in [2.45, 2.75) is 4.90 Å². The smallest absolute Gasteiger partial charge is 0.131 e. The van der Waals surface area contributed by atoms with Crippen molar-refractivity contribution in [1.82, 2.24) is 4.57 Å². The van der Waals surface area contributed by atoms with Gasteiger partial charge in [-0.1, -0.05) is 6.58 Å². The topological polar surface area (TPSA) is 17.3 Å². The van der Waals surface area contributed by atoms with Gasteiger partial charge in [-0.25, -0.2) is 0 Å². The van der Waals surface area contributed by atoms with Crippen LogP contribution < -0.4 is 5.49 Å². The summed E-state index contributed by atoms with van der Waals surface area (Å²) in [4.78, 5) is 4.94. The number of aromatic nitrogens is 1. The summed E-state index contributed by atoms with van der Waals surface area (Å²) in [5.41, 5.74) is 0.873. The van der Waals surface area contributed by atoms with Crippen LogP contribution in [0.4, 0.5) is 0 Å². The van der Waals surface area contributed by atoms with Crippen LogP contribution in [0.3, 0.4) is 0 Å². The minimum absolute atomic E-state index is 0.873. The Morgan fingerprint density at radius 1 is 1.64 bits per heavy atom. The van der Waals surface area contributed by atoms with Crippen LogP contribution in [0.15, 0.2) is 34.8 Å². The first-order chi connectivity index (χ1) is 5.27. The van der Waals surface area contributed by atoms with Crippen LogP contribution in [0.25, 0.3) is 6.20 Å². The second kappa shape index (κ2) is 3.44. The van der Waals surface area contributed by atoms with E-state index in [1.807, 2.05) is 22.9 Å². The zero-order chi connectivity index (χ0) is 8.27. The molecule has 0 aliphatic carbocycles. The summed E-state index contributed by atoms with van der Waals surface area (Å²) in [6.45, 7) is 3.65. The van der Waals surface area contributed by atoms with Crippen molar-refractivity contribution < 1.29 is 0 Å². The Hall–Kier alpha value is -0.960. The van der Waals surface area contributed by atoms with Gasteiger partial charge < -0.3 is 4.57 Å². The normalized spacial score (nSPS) is 11.6. The van der Waals surface area contributed by atoms with Gasteiger partial charge in [-0.3, -0.25) is 4.99 Å². The molecule has 2 nitrogen and oxygen atoms in total. The number of nitrogens with zero attached hydrogens (tertiary/aromatic N) is 2. The molecule has 58 valence electrons. The molecule has 0 saturated carbocycles. The molecule has 0 aliphatic rings. The Morgan fingerprint density at radius 3 is 2.91 bits per heavy atom. The van der Waals surface area contributed by atoms with E-state index in [1.54, 1.807) is 13.2 Å². The Labute approximate surface area is 71.3 Å². The summed E-state index contributed by atoms with van der Waals surface area (Å²) in [6.07, 6.45) is 3.56. The second-order valence-corrected chi connectivity index (χ2v) is 2.58. The molecule has 0 aliphatic heterocycles. The minimum atomic E-state index is 0.873. The highest BCUT2D eigenvalue weighted by Crippen LogP contribution is 1.99. The number of rotatable bonds is 1. The molecule has 0 aromatic carbocycles. The molecule has 1 aromatic rings. The lowest BCUT2D eigenvalue weighted by atomic mass is 10.5. The molecule has 0 radical (unpaired) electrons. The van der Waals surface area contributed by atoms with Crippen molar-refractivity contribution >= 4 is 18.8 Å². The van der Waals surface area contributed by atoms with Gasteiger partial charge in [-0.05, 0) is 12.1 Å². The molecular formula is C8H10N2S. The van der Waals surface area contributed by atoms with Crippen LogP contribution in [0.1, 0.15) is 0 Å². The first-order valence-electron chi connectivity index (χ1n) is 3.24. The molecular weight excluding hydrogens is 156 g/mol. The zero-order valence-corrected chi connectivity index (χ0v) is 7.25. The summed E-state index contributed by atoms with van der Waals surface area (Å²) in [5.74, 6) is 0. The van der Waals surface area contributed by atoms with Gasteiger partial charge in [0.1, 0.15) is 5.49 Å². The number of hydrogen-bond acceptors (Lipinski definition) is 2. The molecule has 1 rings (SSSR count). The number of hydrogen-bond donors (Lipinski definition) is 1. The van der Waals surface area contributed by atoms with Crippen molar-refractivity contribution in [3.8, 4) is 0 Å². The van der Waals surface area contributed by atoms with Gasteiger partial charge >= 0.3 is 0 Å². The molecule has 0 amide bonds. The molecule has 3 heteroatoms. The molecule has 1 aromatic heterocycles. The van der Waals surface area contributed by atoms with Gasteiger partial charge in [0, 0.05) is 24.3 Å². The van der Waals surface area contributed by atoms with Crippen LogP contribution >= 0.6 is 12.6 Å². The summed E-state index contributed by atoms with van der Waals surface area (Å²) < 4.78 is 1.82. The predicted octanol–water partition coefficient (Wildman–Crippen LogP) is 1.41. The van der Waals surface area contributed by atoms with Crippen LogP contribution in [-0.4, -0.2) is 11.6 Å². The first kappa shape index (κ1) is 8.14. The third kappa shape index (κ3) is 1.74. The third-order valence-corrected chi connectivity index (χ3v) is 1.63. The lowest BCUT2D eigenvalue weighted by molar-refractivity contribution is 0.966. The standard InChI is InChI=1S/C8H10N2S/c1-3-10-6-7(11)4-5-8(10)9-2/h3-6,11H,1H2,2H3. The summed E-state index contributed by atoms with van der Waals surface area (Å²) in [5, 5.41) is 0. The van der Waals surface area contributed by atoms with Crippen molar-refractivity contribution in [3.63, 3.8) is 0 Å². The SMILES string of the molecule is C=Cn1cc(S)ccc1=NC. The summed E-state index contributed by atoms with van der Waals surface area (Å²) in [6, 6.07) is 3.79. The summed E-state index contributed by atoms with van der Waals surface area (Å²) in [7, 11) is 1.74. The van der Waals surface area contributed by atoms with Gasteiger partial charge in [-0.2, -0.15) is 0 Å². The van der Waals surface area contributed by atoms with E-state index in [2.05, 4.69) is 24.2 Å². The molecule has 0 unspecified atom stereocenters. The van der Waals surface area contributed by atoms with Crippen LogP contribution in [-0.2, 0) is 0 Å². The van der Waals surface area contributed by atoms with Gasteiger partial charge in [0.25, 0.3) is 0 Å². The number of pyridine rings is 1. The van der Waals surface area contributed by atoms with Crippen LogP contribution in [0.5, 0.6) is 0 Å². The maximum absolute atomic E-state index is 4.18. The highest BCUT2D eigenvalue weighted by atomic mass is 32.1. The Bertz CT molecular complexity index is 325. The van der Waals surface area contributed by atoms with E-state index in [0.29, 0.717) is 0 Å². The molecule has 0 atom stereocenters. The van der Waals surface area contributed by atoms with E-state index in [9.17, 15) is 0 Å². The fourth-order valence-electron chi connectivity index (χ4n) is 0.834. The van der Waals surface area contributed by atoms with E-state index in [0.717, 1.165) is 10.4 Å². The lowest BCUT2D eigenvalue weighted by Crippen LogP contribution is -2.14. The summed E-state index contributed by atoms with van der Waals surface area (Å²) >= 11 is 4.18. The van der Waals surface area contributed by atoms with Crippen LogP contribution in [0, 0.1) is 0 Å². The zero-order valence-electron chi connectivity index (χ0n) is 6.36. The van der Waals surface area contributed by atoms with E-state index in [-0.39, 0.29) is 0 Å². The largest absolute Gasteiger partial charge is 0.308 e. The van der Waals surface area contributed by atoms with E-state index in [4.69, 9.17) is 0 Å². The Kier molecular flexibility index (Phi) is 2.54. The highest BCUT2D eigenvalue weighted by molar-refractivity contribution is 7.80. The van der Waals surface area contributed by atoms with Crippen molar-refractivity contribution in [2.24, 2.45) is 4.99 Å². The van der Waals surface area contributed by atoms with E-state index in [1.165, 1.54) is 0 Å². The first-order valence-corrected chi connectivity index (χ1v) is 3.69. The molecule has 1 heterocycles. The molecule has 0 fully saturated rings. The molecule has 0 N–H and O–H groups in total. The molecule has 0 bridgehead atoms. The monoisotopic (exact) mass is 166 g/mol. The Morgan fingerprint density at radius 2 is 2.36 bits per heavy atom. The average molecular weight is 166 g/mol. The van der Waals surface area contributed by atoms with Crippen molar-refractivity contribution in [3.05, 3.63) is 30.4 Å². The van der Waals surface area contributed by atoms with E-state index < -0.39 is 0 Å². The van der Waals surface area contributed by atoms with Gasteiger partial charge in [-0.15, -0.1) is 12.6 Å². The highest BCUT2D eigenvalue weighted by Gasteiger charge is 1.87. The van der Waals surface area contributed by atoms with Gasteiger partial charge in [0.2, 0.25) is 0 Å². The second-order valence-electron chi connectivity index (χ2n) is 2.06. The van der Waals surface area contributed by atoms with Gasteiger partial charge in [0.05, 0.1) is 0 Å². The van der Waals surface area contributed by atoms with E-state index >= 15 is 0 Å². The number of thiol groups is 1. The minimum Gasteiger partial charge on any atom is -0.308 e. The lowest BCUT2D eigenvalue weighted by Gasteiger charge is -1.99. The Balaban J connectivity index is 3.40. The fourth-order valence-corrected chi connectivity index (χ4v) is 1.03. The molecule has 11 heavy (non-hydrogen) atoms. The maximum atomic E-state index is 4.18. The van der Waals surface area contributed by atoms with Crippen molar-refractivity contribution in [2.75, 3.05) is 7.05 Å². The van der Waals surface area contributed by atoms with Crippen LogP contribution in [0.2, 0.25) is 0 Å². The molecule has 0 spiro atoms. The average Bonchev–Trinajstić information content (AvgIpc) is 2.04.